The maximum absolute atomic E-state index is 12.6. The summed E-state index contributed by atoms with van der Waals surface area (Å²) < 4.78 is 25.2. The van der Waals surface area contributed by atoms with Crippen molar-refractivity contribution in [2.45, 2.75) is 19.8 Å². The molecular formula is C9H7ClF2N2. The number of halogens is 3. The Hall–Kier alpha value is -1.21. The number of hydrogen-bond acceptors (Lipinski definition) is 2. The number of pyridine rings is 1. The summed E-state index contributed by atoms with van der Waals surface area (Å²) >= 11 is 5.60. The minimum atomic E-state index is -2.63. The van der Waals surface area contributed by atoms with Crippen LogP contribution in [0.15, 0.2) is 6.20 Å². The molecule has 0 amide bonds. The molecule has 0 unspecified atom stereocenters. The lowest BCUT2D eigenvalue weighted by atomic mass is 10.0. The van der Waals surface area contributed by atoms with Gasteiger partial charge in [-0.2, -0.15) is 5.26 Å². The number of nitrogens with zero attached hydrogens (tertiary/aromatic N) is 2. The van der Waals surface area contributed by atoms with E-state index in [-0.39, 0.29) is 28.3 Å². The van der Waals surface area contributed by atoms with Crippen LogP contribution in [0, 0.1) is 18.3 Å². The smallest absolute Gasteiger partial charge is 0.244 e. The van der Waals surface area contributed by atoms with Crippen LogP contribution in [0.25, 0.3) is 0 Å². The van der Waals surface area contributed by atoms with Crippen LogP contribution in [0.3, 0.4) is 0 Å². The van der Waals surface area contributed by atoms with E-state index in [0.29, 0.717) is 0 Å². The van der Waals surface area contributed by atoms with Crippen LogP contribution in [0.2, 0.25) is 5.15 Å². The zero-order chi connectivity index (χ0) is 10.7. The van der Waals surface area contributed by atoms with Crippen LogP contribution in [-0.4, -0.2) is 4.98 Å². The summed E-state index contributed by atoms with van der Waals surface area (Å²) in [5.41, 5.74) is 0.311. The molecule has 1 aromatic heterocycles. The summed E-state index contributed by atoms with van der Waals surface area (Å²) in [7, 11) is 0. The van der Waals surface area contributed by atoms with Gasteiger partial charge in [-0.3, -0.25) is 0 Å². The topological polar surface area (TPSA) is 36.7 Å². The summed E-state index contributed by atoms with van der Waals surface area (Å²) in [5, 5.41) is 8.49. The van der Waals surface area contributed by atoms with Crippen molar-refractivity contribution >= 4 is 11.6 Å². The minimum absolute atomic E-state index is 0.0574. The Morgan fingerprint density at radius 3 is 2.79 bits per heavy atom. The van der Waals surface area contributed by atoms with Crippen molar-refractivity contribution in [1.82, 2.24) is 4.98 Å². The second kappa shape index (κ2) is 4.34. The zero-order valence-electron chi connectivity index (χ0n) is 7.39. The Balaban J connectivity index is 3.31. The lowest BCUT2D eigenvalue weighted by Crippen LogP contribution is -2.00. The van der Waals surface area contributed by atoms with E-state index in [1.165, 1.54) is 13.1 Å². The predicted molar refractivity (Wildman–Crippen MR) is 48.3 cm³/mol. The SMILES string of the molecule is Cc1c(Cl)ncc(CC#N)c1C(F)F. The first-order chi connectivity index (χ1) is 6.57. The van der Waals surface area contributed by atoms with Gasteiger partial charge < -0.3 is 0 Å². The van der Waals surface area contributed by atoms with Crippen molar-refractivity contribution in [3.63, 3.8) is 0 Å². The molecule has 1 heterocycles. The van der Waals surface area contributed by atoms with E-state index in [0.717, 1.165) is 0 Å². The maximum atomic E-state index is 12.6. The van der Waals surface area contributed by atoms with Gasteiger partial charge in [0, 0.05) is 11.8 Å². The first-order valence-electron chi connectivity index (χ1n) is 3.87. The van der Waals surface area contributed by atoms with E-state index in [1.54, 1.807) is 0 Å². The molecule has 2 nitrogen and oxygen atoms in total. The molecule has 5 heteroatoms. The van der Waals surface area contributed by atoms with E-state index in [9.17, 15) is 8.78 Å². The zero-order valence-corrected chi connectivity index (χ0v) is 8.15. The average molecular weight is 217 g/mol. The number of nitriles is 1. The molecule has 0 aliphatic heterocycles. The fourth-order valence-electron chi connectivity index (χ4n) is 1.18. The predicted octanol–water partition coefficient (Wildman–Crippen LogP) is 3.05. The van der Waals surface area contributed by atoms with E-state index in [1.807, 2.05) is 6.07 Å². The second-order valence-electron chi connectivity index (χ2n) is 2.75. The molecule has 0 aliphatic carbocycles. The summed E-state index contributed by atoms with van der Waals surface area (Å²) in [6.07, 6.45) is -1.48. The molecule has 0 aliphatic rings. The van der Waals surface area contributed by atoms with Crippen molar-refractivity contribution in [1.29, 1.82) is 5.26 Å². The Morgan fingerprint density at radius 1 is 1.64 bits per heavy atom. The minimum Gasteiger partial charge on any atom is -0.244 e. The number of hydrogen-bond donors (Lipinski definition) is 0. The highest BCUT2D eigenvalue weighted by atomic mass is 35.5. The Labute approximate surface area is 85.1 Å². The van der Waals surface area contributed by atoms with Gasteiger partial charge in [-0.15, -0.1) is 0 Å². The van der Waals surface area contributed by atoms with E-state index >= 15 is 0 Å². The van der Waals surface area contributed by atoms with Gasteiger partial charge in [-0.25, -0.2) is 13.8 Å². The fourth-order valence-corrected chi connectivity index (χ4v) is 1.33. The molecule has 1 aromatic rings. The quantitative estimate of drug-likeness (QED) is 0.713. The van der Waals surface area contributed by atoms with E-state index in [4.69, 9.17) is 16.9 Å². The van der Waals surface area contributed by atoms with Gasteiger partial charge in [0.05, 0.1) is 12.5 Å². The highest BCUT2D eigenvalue weighted by molar-refractivity contribution is 6.30. The highest BCUT2D eigenvalue weighted by Gasteiger charge is 2.18. The molecule has 0 fully saturated rings. The van der Waals surface area contributed by atoms with Gasteiger partial charge in [0.1, 0.15) is 5.15 Å². The lowest BCUT2D eigenvalue weighted by Gasteiger charge is -2.09. The van der Waals surface area contributed by atoms with E-state index < -0.39 is 6.43 Å². The van der Waals surface area contributed by atoms with Crippen LogP contribution in [0.1, 0.15) is 23.1 Å². The van der Waals surface area contributed by atoms with Crippen LogP contribution >= 0.6 is 11.6 Å². The van der Waals surface area contributed by atoms with Gasteiger partial charge in [0.25, 0.3) is 6.43 Å². The number of alkyl halides is 2. The third kappa shape index (κ3) is 1.99. The molecule has 0 spiro atoms. The number of rotatable bonds is 2. The highest BCUT2D eigenvalue weighted by Crippen LogP contribution is 2.29. The van der Waals surface area contributed by atoms with Gasteiger partial charge in [0.15, 0.2) is 0 Å². The van der Waals surface area contributed by atoms with Gasteiger partial charge in [-0.05, 0) is 18.1 Å². The molecule has 0 aromatic carbocycles. The van der Waals surface area contributed by atoms with Crippen LogP contribution in [-0.2, 0) is 6.42 Å². The van der Waals surface area contributed by atoms with Crippen LogP contribution in [0.4, 0.5) is 8.78 Å². The summed E-state index contributed by atoms with van der Waals surface area (Å²) in [5.74, 6) is 0. The fraction of sp³-hybridized carbons (Fsp3) is 0.333. The second-order valence-corrected chi connectivity index (χ2v) is 3.11. The van der Waals surface area contributed by atoms with Crippen molar-refractivity contribution in [3.8, 4) is 6.07 Å². The maximum Gasteiger partial charge on any atom is 0.264 e. The third-order valence-electron chi connectivity index (χ3n) is 1.88. The molecule has 0 saturated heterocycles. The van der Waals surface area contributed by atoms with Crippen molar-refractivity contribution in [2.24, 2.45) is 0 Å². The molecule has 14 heavy (non-hydrogen) atoms. The Kier molecular flexibility index (Phi) is 3.37. The molecule has 0 saturated carbocycles. The molecule has 1 rings (SSSR count). The Bertz CT molecular complexity index is 385. The largest absolute Gasteiger partial charge is 0.264 e. The molecule has 74 valence electrons. The lowest BCUT2D eigenvalue weighted by molar-refractivity contribution is 0.149. The third-order valence-corrected chi connectivity index (χ3v) is 2.26. The molecule has 0 bridgehead atoms. The first kappa shape index (κ1) is 10.9. The van der Waals surface area contributed by atoms with Crippen molar-refractivity contribution in [3.05, 3.63) is 28.0 Å². The standard InChI is InChI=1S/C9H7ClF2N2/c1-5-7(9(11)12)6(2-3-13)4-14-8(5)10/h4,9H,2H2,1H3. The van der Waals surface area contributed by atoms with Crippen LogP contribution in [0.5, 0.6) is 0 Å². The van der Waals surface area contributed by atoms with Crippen LogP contribution < -0.4 is 0 Å². The molecular weight excluding hydrogens is 210 g/mol. The molecule has 0 N–H and O–H groups in total. The molecule has 0 atom stereocenters. The normalized spacial score (nSPS) is 10.3. The van der Waals surface area contributed by atoms with Gasteiger partial charge in [-0.1, -0.05) is 11.6 Å². The van der Waals surface area contributed by atoms with Crippen molar-refractivity contribution < 1.29 is 8.78 Å². The summed E-state index contributed by atoms with van der Waals surface area (Å²) in [4.78, 5) is 3.72. The van der Waals surface area contributed by atoms with E-state index in [2.05, 4.69) is 4.98 Å². The number of aromatic nitrogens is 1. The average Bonchev–Trinajstić information content (AvgIpc) is 2.11. The first-order valence-corrected chi connectivity index (χ1v) is 4.24. The van der Waals surface area contributed by atoms with Gasteiger partial charge >= 0.3 is 0 Å². The van der Waals surface area contributed by atoms with Gasteiger partial charge in [0.2, 0.25) is 0 Å². The Morgan fingerprint density at radius 2 is 2.29 bits per heavy atom. The monoisotopic (exact) mass is 216 g/mol. The summed E-state index contributed by atoms with van der Waals surface area (Å²) in [6, 6.07) is 1.81. The summed E-state index contributed by atoms with van der Waals surface area (Å²) in [6.45, 7) is 1.47. The molecule has 0 radical (unpaired) electrons. The van der Waals surface area contributed by atoms with Crippen molar-refractivity contribution in [2.75, 3.05) is 0 Å².